The van der Waals surface area contributed by atoms with Crippen molar-refractivity contribution in [2.45, 2.75) is 6.61 Å². The Kier molecular flexibility index (Phi) is 4.23. The van der Waals surface area contributed by atoms with E-state index in [0.717, 1.165) is 9.13 Å². The summed E-state index contributed by atoms with van der Waals surface area (Å²) >= 11 is 8.08. The molecule has 0 saturated carbocycles. The molecule has 0 bridgehead atoms. The summed E-state index contributed by atoms with van der Waals surface area (Å²) in [6.45, 7) is 0.303. The van der Waals surface area contributed by atoms with Gasteiger partial charge in [-0.2, -0.15) is 0 Å². The molecule has 0 unspecified atom stereocenters. The first-order chi connectivity index (χ1) is 8.16. The summed E-state index contributed by atoms with van der Waals surface area (Å²) in [7, 11) is 0. The lowest BCUT2D eigenvalue weighted by atomic mass is 10.2. The van der Waals surface area contributed by atoms with Crippen molar-refractivity contribution in [3.63, 3.8) is 0 Å². The van der Waals surface area contributed by atoms with Gasteiger partial charge in [0.15, 0.2) is 11.6 Å². The average Bonchev–Trinajstić information content (AvgIpc) is 2.31. The van der Waals surface area contributed by atoms with Crippen molar-refractivity contribution in [3.8, 4) is 5.75 Å². The zero-order chi connectivity index (χ0) is 12.3. The number of ether oxygens (including phenoxy) is 1. The summed E-state index contributed by atoms with van der Waals surface area (Å²) in [5, 5.41) is 0.288. The predicted molar refractivity (Wildman–Crippen MR) is 74.9 cm³/mol. The van der Waals surface area contributed by atoms with Gasteiger partial charge in [0.1, 0.15) is 6.61 Å². The SMILES string of the molecule is Fc1cccc(Cl)c1OCc1ccc(I)cc1. The topological polar surface area (TPSA) is 9.23 Å². The second-order valence-corrected chi connectivity index (χ2v) is 5.12. The Balaban J connectivity index is 2.10. The molecule has 0 amide bonds. The molecule has 4 heteroatoms. The van der Waals surface area contributed by atoms with Crippen LogP contribution in [0.15, 0.2) is 42.5 Å². The van der Waals surface area contributed by atoms with Gasteiger partial charge in [-0.15, -0.1) is 0 Å². The third-order valence-electron chi connectivity index (χ3n) is 2.22. The van der Waals surface area contributed by atoms with Crippen LogP contribution in [0.25, 0.3) is 0 Å². The van der Waals surface area contributed by atoms with Crippen LogP contribution >= 0.6 is 34.2 Å². The lowest BCUT2D eigenvalue weighted by Crippen LogP contribution is -1.98. The third kappa shape index (κ3) is 3.33. The molecule has 0 saturated heterocycles. The molecule has 0 aliphatic rings. The van der Waals surface area contributed by atoms with Crippen LogP contribution in [-0.4, -0.2) is 0 Å². The van der Waals surface area contributed by atoms with Crippen molar-refractivity contribution in [2.24, 2.45) is 0 Å². The molecule has 0 spiro atoms. The molecular weight excluding hydrogens is 353 g/mol. The monoisotopic (exact) mass is 362 g/mol. The minimum atomic E-state index is -0.442. The van der Waals surface area contributed by atoms with Crippen LogP contribution in [0.3, 0.4) is 0 Å². The predicted octanol–water partition coefficient (Wildman–Crippen LogP) is 4.66. The minimum absolute atomic E-state index is 0.104. The van der Waals surface area contributed by atoms with Gasteiger partial charge in [-0.1, -0.05) is 29.8 Å². The van der Waals surface area contributed by atoms with Gasteiger partial charge < -0.3 is 4.74 Å². The highest BCUT2D eigenvalue weighted by Gasteiger charge is 2.07. The van der Waals surface area contributed by atoms with Crippen molar-refractivity contribution in [1.82, 2.24) is 0 Å². The maximum atomic E-state index is 13.4. The Hall–Kier alpha value is -0.810. The molecule has 0 heterocycles. The molecule has 0 aliphatic heterocycles. The lowest BCUT2D eigenvalue weighted by molar-refractivity contribution is 0.290. The van der Waals surface area contributed by atoms with Gasteiger partial charge in [0.05, 0.1) is 5.02 Å². The summed E-state index contributed by atoms with van der Waals surface area (Å²) < 4.78 is 19.9. The van der Waals surface area contributed by atoms with Crippen LogP contribution in [0.2, 0.25) is 5.02 Å². The highest BCUT2D eigenvalue weighted by atomic mass is 127. The van der Waals surface area contributed by atoms with Crippen LogP contribution in [0.4, 0.5) is 4.39 Å². The summed E-state index contributed by atoms with van der Waals surface area (Å²) in [6.07, 6.45) is 0. The molecule has 2 aromatic carbocycles. The molecule has 2 aromatic rings. The zero-order valence-corrected chi connectivity index (χ0v) is 11.7. The summed E-state index contributed by atoms with van der Waals surface area (Å²) in [5.41, 5.74) is 0.977. The average molecular weight is 363 g/mol. The molecule has 0 aromatic heterocycles. The number of hydrogen-bond donors (Lipinski definition) is 0. The maximum Gasteiger partial charge on any atom is 0.174 e. The fraction of sp³-hybridized carbons (Fsp3) is 0.0769. The summed E-state index contributed by atoms with van der Waals surface area (Å²) in [4.78, 5) is 0. The van der Waals surface area contributed by atoms with Gasteiger partial charge in [0, 0.05) is 3.57 Å². The molecule has 0 radical (unpaired) electrons. The summed E-state index contributed by atoms with van der Waals surface area (Å²) in [6, 6.07) is 12.3. The van der Waals surface area contributed by atoms with E-state index in [0.29, 0.717) is 6.61 Å². The van der Waals surface area contributed by atoms with Crippen LogP contribution in [0, 0.1) is 9.39 Å². The quantitative estimate of drug-likeness (QED) is 0.722. The van der Waals surface area contributed by atoms with Crippen LogP contribution < -0.4 is 4.74 Å². The Bertz CT molecular complexity index is 493. The fourth-order valence-corrected chi connectivity index (χ4v) is 1.93. The zero-order valence-electron chi connectivity index (χ0n) is 8.79. The van der Waals surface area contributed by atoms with Crippen molar-refractivity contribution >= 4 is 34.2 Å². The number of rotatable bonds is 3. The van der Waals surface area contributed by atoms with E-state index in [1.165, 1.54) is 6.07 Å². The maximum absolute atomic E-state index is 13.4. The first-order valence-corrected chi connectivity index (χ1v) is 6.44. The van der Waals surface area contributed by atoms with Crippen molar-refractivity contribution in [1.29, 1.82) is 0 Å². The fourth-order valence-electron chi connectivity index (χ4n) is 1.36. The van der Waals surface area contributed by atoms with Crippen LogP contribution in [0.1, 0.15) is 5.56 Å². The van der Waals surface area contributed by atoms with Crippen LogP contribution in [-0.2, 0) is 6.61 Å². The van der Waals surface area contributed by atoms with Crippen molar-refractivity contribution < 1.29 is 9.13 Å². The molecule has 17 heavy (non-hydrogen) atoms. The minimum Gasteiger partial charge on any atom is -0.484 e. The Morgan fingerprint density at radius 3 is 2.47 bits per heavy atom. The number of hydrogen-bond acceptors (Lipinski definition) is 1. The van der Waals surface area contributed by atoms with Gasteiger partial charge in [0.2, 0.25) is 0 Å². The molecule has 0 N–H and O–H groups in total. The second-order valence-electron chi connectivity index (χ2n) is 3.47. The number of para-hydroxylation sites is 1. The normalized spacial score (nSPS) is 10.3. The molecule has 88 valence electrons. The Labute approximate surface area is 118 Å². The van der Waals surface area contributed by atoms with E-state index < -0.39 is 5.82 Å². The van der Waals surface area contributed by atoms with Crippen molar-refractivity contribution in [3.05, 3.63) is 62.4 Å². The number of benzene rings is 2. The van der Waals surface area contributed by atoms with E-state index in [2.05, 4.69) is 22.6 Å². The van der Waals surface area contributed by atoms with Gasteiger partial charge in [-0.25, -0.2) is 4.39 Å². The molecule has 0 fully saturated rings. The molecule has 2 rings (SSSR count). The van der Waals surface area contributed by atoms with Gasteiger partial charge >= 0.3 is 0 Å². The number of halogens is 3. The molecule has 0 atom stereocenters. The van der Waals surface area contributed by atoms with E-state index in [9.17, 15) is 4.39 Å². The van der Waals surface area contributed by atoms with Gasteiger partial charge in [-0.05, 0) is 52.4 Å². The highest BCUT2D eigenvalue weighted by Crippen LogP contribution is 2.27. The van der Waals surface area contributed by atoms with E-state index in [1.807, 2.05) is 24.3 Å². The Morgan fingerprint density at radius 2 is 1.82 bits per heavy atom. The molecular formula is C13H9ClFIO. The van der Waals surface area contributed by atoms with E-state index in [4.69, 9.17) is 16.3 Å². The summed E-state index contributed by atoms with van der Waals surface area (Å²) in [5.74, 6) is -0.337. The van der Waals surface area contributed by atoms with Crippen LogP contribution in [0.5, 0.6) is 5.75 Å². The van der Waals surface area contributed by atoms with Crippen molar-refractivity contribution in [2.75, 3.05) is 0 Å². The largest absolute Gasteiger partial charge is 0.484 e. The van der Waals surface area contributed by atoms with Gasteiger partial charge in [0.25, 0.3) is 0 Å². The van der Waals surface area contributed by atoms with E-state index in [-0.39, 0.29) is 10.8 Å². The van der Waals surface area contributed by atoms with E-state index in [1.54, 1.807) is 12.1 Å². The first kappa shape index (κ1) is 12.6. The first-order valence-electron chi connectivity index (χ1n) is 4.98. The highest BCUT2D eigenvalue weighted by molar-refractivity contribution is 14.1. The smallest absolute Gasteiger partial charge is 0.174 e. The third-order valence-corrected chi connectivity index (χ3v) is 3.23. The molecule has 0 aliphatic carbocycles. The Morgan fingerprint density at radius 1 is 1.12 bits per heavy atom. The van der Waals surface area contributed by atoms with Gasteiger partial charge in [-0.3, -0.25) is 0 Å². The standard InChI is InChI=1S/C13H9ClFIO/c14-11-2-1-3-12(15)13(11)17-8-9-4-6-10(16)7-5-9/h1-7H,8H2. The lowest BCUT2D eigenvalue weighted by Gasteiger charge is -2.08. The second kappa shape index (κ2) is 5.69. The molecule has 1 nitrogen and oxygen atoms in total. The van der Waals surface area contributed by atoms with E-state index >= 15 is 0 Å².